The number of amides is 1. The number of nitrogens with zero attached hydrogens (tertiary/aromatic N) is 2. The van der Waals surface area contributed by atoms with Crippen molar-refractivity contribution in [2.75, 3.05) is 11.1 Å². The van der Waals surface area contributed by atoms with Crippen LogP contribution in [0.1, 0.15) is 40.7 Å². The van der Waals surface area contributed by atoms with Gasteiger partial charge in [0.25, 0.3) is 5.91 Å². The minimum absolute atomic E-state index is 0.255. The van der Waals surface area contributed by atoms with Crippen LogP contribution in [0, 0.1) is 6.92 Å². The van der Waals surface area contributed by atoms with Crippen molar-refractivity contribution >= 4 is 39.0 Å². The highest BCUT2D eigenvalue weighted by molar-refractivity contribution is 7.21. The third kappa shape index (κ3) is 3.03. The molecule has 0 fully saturated rings. The Balaban J connectivity index is 1.95. The maximum Gasteiger partial charge on any atom is 0.269 e. The van der Waals surface area contributed by atoms with Crippen molar-refractivity contribution in [1.29, 1.82) is 0 Å². The van der Waals surface area contributed by atoms with E-state index in [-0.39, 0.29) is 5.91 Å². The molecule has 0 radical (unpaired) electrons. The molecule has 0 atom stereocenters. The summed E-state index contributed by atoms with van der Waals surface area (Å²) < 4.78 is 0. The Morgan fingerprint density at radius 2 is 2.09 bits per heavy atom. The number of rotatable bonds is 3. The minimum atomic E-state index is -0.255. The Morgan fingerprint density at radius 3 is 2.78 bits per heavy atom. The first kappa shape index (κ1) is 15.4. The zero-order valence-corrected chi connectivity index (χ0v) is 14.1. The first-order chi connectivity index (χ1) is 11.0. The molecule has 0 unspecified atom stereocenters. The zero-order valence-electron chi connectivity index (χ0n) is 13.3. The molecule has 5 nitrogen and oxygen atoms in total. The van der Waals surface area contributed by atoms with Crippen LogP contribution >= 0.6 is 11.3 Å². The van der Waals surface area contributed by atoms with E-state index in [4.69, 9.17) is 5.73 Å². The van der Waals surface area contributed by atoms with Gasteiger partial charge < -0.3 is 11.1 Å². The Labute approximate surface area is 138 Å². The Kier molecular flexibility index (Phi) is 4.00. The Bertz CT molecular complexity index is 885. The maximum atomic E-state index is 12.5. The fourth-order valence-corrected chi connectivity index (χ4v) is 3.28. The van der Waals surface area contributed by atoms with Gasteiger partial charge in [0.1, 0.15) is 15.5 Å². The van der Waals surface area contributed by atoms with E-state index in [9.17, 15) is 4.79 Å². The molecular weight excluding hydrogens is 308 g/mol. The second-order valence-corrected chi connectivity index (χ2v) is 6.76. The van der Waals surface area contributed by atoms with Gasteiger partial charge in [0.15, 0.2) is 0 Å². The summed E-state index contributed by atoms with van der Waals surface area (Å²) in [6.45, 7) is 6.12. The number of nitrogens with two attached hydrogens (primary N) is 1. The normalized spacial score (nSPS) is 11.1. The number of carbonyl (C=O) groups excluding carboxylic acids is 1. The molecule has 0 aromatic carbocycles. The molecule has 3 aromatic heterocycles. The van der Waals surface area contributed by atoms with Crippen molar-refractivity contribution in [2.45, 2.75) is 26.7 Å². The molecule has 0 aliphatic rings. The molecule has 0 aliphatic heterocycles. The number of fused-ring (bicyclic) bond motifs is 1. The number of aryl methyl sites for hydroxylation is 1. The fraction of sp³-hybridized carbons (Fsp3) is 0.235. The highest BCUT2D eigenvalue weighted by atomic mass is 32.1. The second-order valence-electron chi connectivity index (χ2n) is 5.76. The lowest BCUT2D eigenvalue weighted by Crippen LogP contribution is -2.13. The summed E-state index contributed by atoms with van der Waals surface area (Å²) in [6, 6.07) is 7.59. The molecular formula is C17H18N4OS. The van der Waals surface area contributed by atoms with Gasteiger partial charge in [-0.2, -0.15) is 0 Å². The lowest BCUT2D eigenvalue weighted by Gasteiger charge is -2.04. The van der Waals surface area contributed by atoms with Crippen molar-refractivity contribution in [1.82, 2.24) is 9.97 Å². The molecule has 3 N–H and O–H groups in total. The number of carbonyl (C=O) groups is 1. The van der Waals surface area contributed by atoms with Gasteiger partial charge in [-0.05, 0) is 42.7 Å². The number of anilines is 2. The monoisotopic (exact) mass is 326 g/mol. The van der Waals surface area contributed by atoms with Gasteiger partial charge in [-0.1, -0.05) is 13.8 Å². The summed E-state index contributed by atoms with van der Waals surface area (Å²) in [6.07, 6.45) is 1.66. The highest BCUT2D eigenvalue weighted by Gasteiger charge is 2.18. The van der Waals surface area contributed by atoms with Crippen molar-refractivity contribution in [3.63, 3.8) is 0 Å². The van der Waals surface area contributed by atoms with Crippen LogP contribution in [0.5, 0.6) is 0 Å². The van der Waals surface area contributed by atoms with E-state index in [0.717, 1.165) is 21.5 Å². The molecule has 6 heteroatoms. The lowest BCUT2D eigenvalue weighted by atomic mass is 10.1. The van der Waals surface area contributed by atoms with Crippen LogP contribution in [0.25, 0.3) is 10.2 Å². The largest absolute Gasteiger partial charge is 0.397 e. The summed E-state index contributed by atoms with van der Waals surface area (Å²) in [4.78, 5) is 22.5. The molecule has 0 aliphatic carbocycles. The van der Waals surface area contributed by atoms with Crippen molar-refractivity contribution < 1.29 is 4.79 Å². The summed E-state index contributed by atoms with van der Waals surface area (Å²) in [5.41, 5.74) is 8.63. The first-order valence-electron chi connectivity index (χ1n) is 7.38. The third-order valence-electron chi connectivity index (χ3n) is 3.57. The van der Waals surface area contributed by atoms with Gasteiger partial charge in [0.2, 0.25) is 0 Å². The lowest BCUT2D eigenvalue weighted by molar-refractivity contribution is 0.103. The number of aromatic nitrogens is 2. The third-order valence-corrected chi connectivity index (χ3v) is 4.68. The molecule has 0 spiro atoms. The number of thiophene rings is 1. The van der Waals surface area contributed by atoms with Crippen LogP contribution in [-0.2, 0) is 0 Å². The molecule has 0 saturated heterocycles. The van der Waals surface area contributed by atoms with Crippen molar-refractivity contribution in [2.24, 2.45) is 0 Å². The average molecular weight is 326 g/mol. The average Bonchev–Trinajstić information content (AvgIpc) is 2.84. The van der Waals surface area contributed by atoms with E-state index in [0.29, 0.717) is 22.3 Å². The minimum Gasteiger partial charge on any atom is -0.397 e. The Hall–Kier alpha value is -2.47. The number of hydrogen-bond donors (Lipinski definition) is 2. The fourth-order valence-electron chi connectivity index (χ4n) is 2.28. The van der Waals surface area contributed by atoms with Crippen LogP contribution in [0.15, 0.2) is 30.5 Å². The van der Waals surface area contributed by atoms with E-state index >= 15 is 0 Å². The number of pyridine rings is 2. The van der Waals surface area contributed by atoms with E-state index in [2.05, 4.69) is 29.1 Å². The van der Waals surface area contributed by atoms with Crippen molar-refractivity contribution in [3.8, 4) is 0 Å². The van der Waals surface area contributed by atoms with E-state index in [1.165, 1.54) is 11.3 Å². The standard InChI is InChI=1S/C17H18N4OS/c1-9(2)12-5-4-11-14(18)15(23-17(11)20-12)16(22)21-13-8-10(3)6-7-19-13/h4-9H,18H2,1-3H3,(H,19,21,22). The maximum absolute atomic E-state index is 12.5. The van der Waals surface area contributed by atoms with Crippen LogP contribution in [0.4, 0.5) is 11.5 Å². The molecule has 0 saturated carbocycles. The Morgan fingerprint density at radius 1 is 1.30 bits per heavy atom. The number of nitrogens with one attached hydrogen (secondary N) is 1. The summed E-state index contributed by atoms with van der Waals surface area (Å²) >= 11 is 1.31. The second kappa shape index (κ2) is 5.96. The summed E-state index contributed by atoms with van der Waals surface area (Å²) in [5.74, 6) is 0.592. The van der Waals surface area contributed by atoms with E-state index < -0.39 is 0 Å². The SMILES string of the molecule is Cc1ccnc(NC(=O)c2sc3nc(C(C)C)ccc3c2N)c1. The molecule has 3 heterocycles. The number of hydrogen-bond acceptors (Lipinski definition) is 5. The highest BCUT2D eigenvalue weighted by Crippen LogP contribution is 2.33. The van der Waals surface area contributed by atoms with Crippen LogP contribution < -0.4 is 11.1 Å². The topological polar surface area (TPSA) is 80.9 Å². The quantitative estimate of drug-likeness (QED) is 0.763. The molecule has 3 rings (SSSR count). The van der Waals surface area contributed by atoms with Gasteiger partial charge in [0, 0.05) is 17.3 Å². The van der Waals surface area contributed by atoms with Gasteiger partial charge >= 0.3 is 0 Å². The smallest absolute Gasteiger partial charge is 0.269 e. The van der Waals surface area contributed by atoms with Gasteiger partial charge in [0.05, 0.1) is 5.69 Å². The van der Waals surface area contributed by atoms with Crippen LogP contribution in [0.3, 0.4) is 0 Å². The molecule has 3 aromatic rings. The first-order valence-corrected chi connectivity index (χ1v) is 8.20. The zero-order chi connectivity index (χ0) is 16.6. The molecule has 23 heavy (non-hydrogen) atoms. The predicted octanol–water partition coefficient (Wildman–Crippen LogP) is 3.96. The number of nitrogen functional groups attached to an aromatic ring is 1. The van der Waals surface area contributed by atoms with Crippen LogP contribution in [0.2, 0.25) is 0 Å². The molecule has 0 bridgehead atoms. The molecule has 118 valence electrons. The summed E-state index contributed by atoms with van der Waals surface area (Å²) in [5, 5.41) is 3.61. The predicted molar refractivity (Wildman–Crippen MR) is 95.0 cm³/mol. The van der Waals surface area contributed by atoms with Crippen LogP contribution in [-0.4, -0.2) is 15.9 Å². The summed E-state index contributed by atoms with van der Waals surface area (Å²) in [7, 11) is 0. The van der Waals surface area contributed by atoms with Gasteiger partial charge in [-0.25, -0.2) is 9.97 Å². The van der Waals surface area contributed by atoms with Gasteiger partial charge in [-0.15, -0.1) is 11.3 Å². The van der Waals surface area contributed by atoms with E-state index in [1.807, 2.05) is 31.2 Å². The van der Waals surface area contributed by atoms with Gasteiger partial charge in [-0.3, -0.25) is 4.79 Å². The van der Waals surface area contributed by atoms with Crippen molar-refractivity contribution in [3.05, 3.63) is 46.6 Å². The molecule has 1 amide bonds. The van der Waals surface area contributed by atoms with E-state index in [1.54, 1.807) is 6.20 Å².